The lowest BCUT2D eigenvalue weighted by Crippen LogP contribution is -2.50. The smallest absolute Gasteiger partial charge is 0.289 e. The number of benzene rings is 2. The maximum absolute atomic E-state index is 12.9. The molecule has 2 heterocycles. The van der Waals surface area contributed by atoms with Gasteiger partial charge in [-0.25, -0.2) is 8.42 Å². The number of furan rings is 1. The first-order valence-electron chi connectivity index (χ1n) is 9.25. The SMILES string of the molecule is Cc1c(C(=O)N2CCN(S(=O)(=O)Cc3ccccc3)CC2)oc2ccccc12. The summed E-state index contributed by atoms with van der Waals surface area (Å²) in [7, 11) is -3.41. The van der Waals surface area contributed by atoms with Gasteiger partial charge in [-0.15, -0.1) is 0 Å². The predicted molar refractivity (Wildman–Crippen MR) is 107 cm³/mol. The van der Waals surface area contributed by atoms with Crippen molar-refractivity contribution in [2.45, 2.75) is 12.7 Å². The van der Waals surface area contributed by atoms with Crippen molar-refractivity contribution in [3.8, 4) is 0 Å². The fourth-order valence-corrected chi connectivity index (χ4v) is 5.08. The molecule has 2 aromatic carbocycles. The number of hydrogen-bond donors (Lipinski definition) is 0. The van der Waals surface area contributed by atoms with Gasteiger partial charge in [0.1, 0.15) is 5.58 Å². The number of para-hydroxylation sites is 1. The van der Waals surface area contributed by atoms with Gasteiger partial charge in [0, 0.05) is 37.1 Å². The third-order valence-corrected chi connectivity index (χ3v) is 7.00. The fraction of sp³-hybridized carbons (Fsp3) is 0.286. The monoisotopic (exact) mass is 398 g/mol. The lowest BCUT2D eigenvalue weighted by atomic mass is 10.1. The average molecular weight is 398 g/mol. The van der Waals surface area contributed by atoms with Crippen molar-refractivity contribution >= 4 is 26.9 Å². The summed E-state index contributed by atoms with van der Waals surface area (Å²) in [5.41, 5.74) is 2.27. The maximum atomic E-state index is 12.9. The van der Waals surface area contributed by atoms with Gasteiger partial charge in [-0.3, -0.25) is 4.79 Å². The Balaban J connectivity index is 1.44. The summed E-state index contributed by atoms with van der Waals surface area (Å²) < 4.78 is 32.6. The third kappa shape index (κ3) is 3.55. The van der Waals surface area contributed by atoms with E-state index in [0.717, 1.165) is 16.5 Å². The van der Waals surface area contributed by atoms with Crippen LogP contribution >= 0.6 is 0 Å². The summed E-state index contributed by atoms with van der Waals surface area (Å²) in [5.74, 6) is 0.125. The number of fused-ring (bicyclic) bond motifs is 1. The summed E-state index contributed by atoms with van der Waals surface area (Å²) in [5, 5.41) is 0.926. The topological polar surface area (TPSA) is 70.8 Å². The summed E-state index contributed by atoms with van der Waals surface area (Å²) in [4.78, 5) is 14.6. The van der Waals surface area contributed by atoms with Crippen molar-refractivity contribution < 1.29 is 17.6 Å². The molecule has 1 saturated heterocycles. The van der Waals surface area contributed by atoms with E-state index in [-0.39, 0.29) is 11.7 Å². The molecule has 6 nitrogen and oxygen atoms in total. The zero-order valence-corrected chi connectivity index (χ0v) is 16.5. The van der Waals surface area contributed by atoms with Gasteiger partial charge in [0.05, 0.1) is 5.75 Å². The number of piperazine rings is 1. The van der Waals surface area contributed by atoms with Crippen molar-refractivity contribution in [1.29, 1.82) is 0 Å². The predicted octanol–water partition coefficient (Wildman–Crippen LogP) is 3.03. The van der Waals surface area contributed by atoms with Gasteiger partial charge in [0.2, 0.25) is 10.0 Å². The second kappa shape index (κ2) is 7.41. The fourth-order valence-electron chi connectivity index (χ4n) is 3.57. The third-order valence-electron chi connectivity index (χ3n) is 5.15. The van der Waals surface area contributed by atoms with E-state index < -0.39 is 10.0 Å². The lowest BCUT2D eigenvalue weighted by molar-refractivity contribution is 0.0667. The van der Waals surface area contributed by atoms with Gasteiger partial charge in [0.25, 0.3) is 5.91 Å². The van der Waals surface area contributed by atoms with E-state index >= 15 is 0 Å². The summed E-state index contributed by atoms with van der Waals surface area (Å²) in [6.45, 7) is 3.16. The van der Waals surface area contributed by atoms with E-state index in [1.807, 2.05) is 61.5 Å². The Kier molecular flexibility index (Phi) is 4.95. The molecule has 3 aromatic rings. The molecule has 1 aliphatic rings. The van der Waals surface area contributed by atoms with Crippen LogP contribution in [0.2, 0.25) is 0 Å². The number of carbonyl (C=O) groups is 1. The lowest BCUT2D eigenvalue weighted by Gasteiger charge is -2.33. The van der Waals surface area contributed by atoms with Crippen LogP contribution in [0.3, 0.4) is 0 Å². The van der Waals surface area contributed by atoms with Gasteiger partial charge in [0.15, 0.2) is 5.76 Å². The molecule has 4 rings (SSSR count). The minimum atomic E-state index is -3.41. The standard InChI is InChI=1S/C21H22N2O4S/c1-16-18-9-5-6-10-19(18)27-20(16)21(24)22-11-13-23(14-12-22)28(25,26)15-17-7-3-2-4-8-17/h2-10H,11-15H2,1H3. The molecule has 0 unspecified atom stereocenters. The van der Waals surface area contributed by atoms with Crippen LogP contribution in [0.15, 0.2) is 59.0 Å². The van der Waals surface area contributed by atoms with Gasteiger partial charge >= 0.3 is 0 Å². The number of aryl methyl sites for hydroxylation is 1. The van der Waals surface area contributed by atoms with Crippen molar-refractivity contribution in [3.63, 3.8) is 0 Å². The van der Waals surface area contributed by atoms with Crippen LogP contribution in [0.1, 0.15) is 21.7 Å². The largest absolute Gasteiger partial charge is 0.451 e. The van der Waals surface area contributed by atoms with E-state index in [2.05, 4.69) is 0 Å². The molecule has 0 atom stereocenters. The van der Waals surface area contributed by atoms with Gasteiger partial charge in [-0.05, 0) is 18.6 Å². The molecule has 0 saturated carbocycles. The quantitative estimate of drug-likeness (QED) is 0.677. The molecule has 0 spiro atoms. The Hall–Kier alpha value is -2.64. The molecule has 0 bridgehead atoms. The Morgan fingerprint density at radius 2 is 1.61 bits per heavy atom. The van der Waals surface area contributed by atoms with Crippen LogP contribution in [-0.2, 0) is 15.8 Å². The van der Waals surface area contributed by atoms with E-state index in [1.165, 1.54) is 4.31 Å². The van der Waals surface area contributed by atoms with E-state index in [1.54, 1.807) is 4.90 Å². The Morgan fingerprint density at radius 3 is 2.29 bits per heavy atom. The number of hydrogen-bond acceptors (Lipinski definition) is 4. The summed E-state index contributed by atoms with van der Waals surface area (Å²) in [6, 6.07) is 16.7. The first kappa shape index (κ1) is 18.7. The van der Waals surface area contributed by atoms with E-state index in [0.29, 0.717) is 37.5 Å². The molecule has 1 amide bonds. The first-order valence-corrected chi connectivity index (χ1v) is 10.9. The van der Waals surface area contributed by atoms with Crippen molar-refractivity contribution in [2.75, 3.05) is 26.2 Å². The second-order valence-corrected chi connectivity index (χ2v) is 8.95. The van der Waals surface area contributed by atoms with Crippen LogP contribution in [0.5, 0.6) is 0 Å². The highest BCUT2D eigenvalue weighted by Crippen LogP contribution is 2.26. The molecular formula is C21H22N2O4S. The van der Waals surface area contributed by atoms with E-state index in [4.69, 9.17) is 4.42 Å². The van der Waals surface area contributed by atoms with Crippen LogP contribution in [0.25, 0.3) is 11.0 Å². The molecule has 0 radical (unpaired) electrons. The van der Waals surface area contributed by atoms with Crippen molar-refractivity contribution in [3.05, 3.63) is 71.5 Å². The minimum absolute atomic E-state index is 0.0233. The van der Waals surface area contributed by atoms with E-state index in [9.17, 15) is 13.2 Å². The number of nitrogens with zero attached hydrogens (tertiary/aromatic N) is 2. The Morgan fingerprint density at radius 1 is 0.964 bits per heavy atom. The molecule has 7 heteroatoms. The van der Waals surface area contributed by atoms with Gasteiger partial charge in [-0.1, -0.05) is 48.5 Å². The molecule has 0 N–H and O–H groups in total. The van der Waals surface area contributed by atoms with Crippen LogP contribution in [-0.4, -0.2) is 49.7 Å². The maximum Gasteiger partial charge on any atom is 0.289 e. The number of rotatable bonds is 4. The molecule has 28 heavy (non-hydrogen) atoms. The molecule has 1 fully saturated rings. The second-order valence-electron chi connectivity index (χ2n) is 6.99. The molecular weight excluding hydrogens is 376 g/mol. The van der Waals surface area contributed by atoms with Crippen LogP contribution in [0, 0.1) is 6.92 Å². The number of amides is 1. The van der Waals surface area contributed by atoms with Gasteiger partial charge in [-0.2, -0.15) is 4.31 Å². The first-order chi connectivity index (χ1) is 13.5. The summed E-state index contributed by atoms with van der Waals surface area (Å²) in [6.07, 6.45) is 0. The number of carbonyl (C=O) groups excluding carboxylic acids is 1. The molecule has 0 aliphatic carbocycles. The highest BCUT2D eigenvalue weighted by atomic mass is 32.2. The molecule has 146 valence electrons. The minimum Gasteiger partial charge on any atom is -0.451 e. The van der Waals surface area contributed by atoms with Gasteiger partial charge < -0.3 is 9.32 Å². The molecule has 1 aromatic heterocycles. The normalized spacial score (nSPS) is 15.8. The zero-order chi connectivity index (χ0) is 19.7. The Bertz CT molecular complexity index is 1100. The zero-order valence-electron chi connectivity index (χ0n) is 15.7. The Labute approximate surface area is 164 Å². The highest BCUT2D eigenvalue weighted by Gasteiger charge is 2.31. The van der Waals surface area contributed by atoms with Crippen LogP contribution in [0.4, 0.5) is 0 Å². The highest BCUT2D eigenvalue weighted by molar-refractivity contribution is 7.88. The number of sulfonamides is 1. The van der Waals surface area contributed by atoms with Crippen molar-refractivity contribution in [2.24, 2.45) is 0 Å². The summed E-state index contributed by atoms with van der Waals surface area (Å²) >= 11 is 0. The van der Waals surface area contributed by atoms with Crippen LogP contribution < -0.4 is 0 Å². The average Bonchev–Trinajstić information content (AvgIpc) is 3.05. The molecule has 1 aliphatic heterocycles. The van der Waals surface area contributed by atoms with Crippen molar-refractivity contribution in [1.82, 2.24) is 9.21 Å².